The summed E-state index contributed by atoms with van der Waals surface area (Å²) < 4.78 is 45.4. The van der Waals surface area contributed by atoms with Gasteiger partial charge in [0.2, 0.25) is 10.0 Å². The van der Waals surface area contributed by atoms with Gasteiger partial charge in [0, 0.05) is 31.9 Å². The summed E-state index contributed by atoms with van der Waals surface area (Å²) in [5.74, 6) is -0.961. The second-order valence-corrected chi connectivity index (χ2v) is 8.40. The van der Waals surface area contributed by atoms with Gasteiger partial charge in [0.1, 0.15) is 5.82 Å². The molecule has 27 heavy (non-hydrogen) atoms. The number of sulfonamides is 1. The van der Waals surface area contributed by atoms with E-state index in [9.17, 15) is 17.6 Å². The zero-order valence-corrected chi connectivity index (χ0v) is 15.4. The maximum absolute atomic E-state index is 13.3. The van der Waals surface area contributed by atoms with E-state index in [4.69, 9.17) is 4.42 Å². The van der Waals surface area contributed by atoms with Gasteiger partial charge in [-0.1, -0.05) is 0 Å². The van der Waals surface area contributed by atoms with Gasteiger partial charge in [-0.05, 0) is 48.9 Å². The number of aromatic nitrogens is 1. The van der Waals surface area contributed by atoms with Crippen LogP contribution >= 0.6 is 0 Å². The van der Waals surface area contributed by atoms with Gasteiger partial charge >= 0.3 is 5.76 Å². The first-order valence-corrected chi connectivity index (χ1v) is 9.93. The van der Waals surface area contributed by atoms with Crippen molar-refractivity contribution in [1.82, 2.24) is 9.29 Å². The van der Waals surface area contributed by atoms with E-state index in [1.54, 1.807) is 13.0 Å². The van der Waals surface area contributed by atoms with E-state index in [2.05, 4.69) is 4.98 Å². The summed E-state index contributed by atoms with van der Waals surface area (Å²) in [5, 5.41) is 0. The summed E-state index contributed by atoms with van der Waals surface area (Å²) in [6.45, 7) is 3.24. The molecule has 1 aliphatic heterocycles. The zero-order chi connectivity index (χ0) is 19.2. The normalized spacial score (nSPS) is 16.1. The zero-order valence-electron chi connectivity index (χ0n) is 14.6. The number of fused-ring (bicyclic) bond motifs is 1. The molecule has 2 heterocycles. The van der Waals surface area contributed by atoms with Gasteiger partial charge in [-0.2, -0.15) is 4.31 Å². The molecule has 0 spiro atoms. The summed E-state index contributed by atoms with van der Waals surface area (Å²) in [4.78, 5) is 16.1. The van der Waals surface area contributed by atoms with Gasteiger partial charge in [-0.3, -0.25) is 4.98 Å². The summed E-state index contributed by atoms with van der Waals surface area (Å²) in [6, 6.07) is 9.08. The van der Waals surface area contributed by atoms with Crippen LogP contribution in [0.5, 0.6) is 0 Å². The highest BCUT2D eigenvalue weighted by atomic mass is 32.2. The molecule has 0 amide bonds. The molecular formula is C18H18FN3O4S. The highest BCUT2D eigenvalue weighted by Crippen LogP contribution is 2.25. The molecule has 7 nitrogen and oxygen atoms in total. The van der Waals surface area contributed by atoms with Crippen LogP contribution in [0.25, 0.3) is 11.1 Å². The fourth-order valence-electron chi connectivity index (χ4n) is 3.36. The molecule has 9 heteroatoms. The number of rotatable bonds is 3. The van der Waals surface area contributed by atoms with Crippen molar-refractivity contribution < 1.29 is 17.2 Å². The topological polar surface area (TPSA) is 86.6 Å². The molecule has 1 fully saturated rings. The molecule has 0 unspecified atom stereocenters. The molecule has 3 aromatic rings. The largest absolute Gasteiger partial charge is 0.417 e. The van der Waals surface area contributed by atoms with E-state index in [1.807, 2.05) is 17.0 Å². The minimum atomic E-state index is -3.67. The molecule has 0 radical (unpaired) electrons. The first kappa shape index (κ1) is 17.7. The Hall–Kier alpha value is -2.65. The number of aryl methyl sites for hydroxylation is 1. The number of piperazine rings is 1. The molecule has 0 aliphatic carbocycles. The van der Waals surface area contributed by atoms with Crippen LogP contribution in [0.2, 0.25) is 0 Å². The Morgan fingerprint density at radius 1 is 1.07 bits per heavy atom. The molecule has 1 N–H and O–H groups in total. The minimum absolute atomic E-state index is 0.134. The van der Waals surface area contributed by atoms with Gasteiger partial charge in [-0.15, -0.1) is 0 Å². The highest BCUT2D eigenvalue weighted by molar-refractivity contribution is 7.89. The number of hydrogen-bond acceptors (Lipinski definition) is 5. The monoisotopic (exact) mass is 391 g/mol. The smallest absolute Gasteiger partial charge is 0.408 e. The van der Waals surface area contributed by atoms with Gasteiger partial charge < -0.3 is 9.32 Å². The molecule has 4 rings (SSSR count). The Kier molecular flexibility index (Phi) is 4.27. The number of halogens is 1. The van der Waals surface area contributed by atoms with Crippen LogP contribution in [-0.4, -0.2) is 43.9 Å². The fourth-order valence-corrected chi connectivity index (χ4v) is 4.99. The third-order valence-corrected chi connectivity index (χ3v) is 6.82. The summed E-state index contributed by atoms with van der Waals surface area (Å²) in [7, 11) is -3.67. The van der Waals surface area contributed by atoms with Crippen LogP contribution in [-0.2, 0) is 10.0 Å². The Morgan fingerprint density at radius 3 is 2.52 bits per heavy atom. The summed E-state index contributed by atoms with van der Waals surface area (Å²) in [6.07, 6.45) is 0. The third-order valence-electron chi connectivity index (χ3n) is 4.76. The second kappa shape index (κ2) is 6.50. The molecule has 1 saturated heterocycles. The Balaban J connectivity index is 1.53. The quantitative estimate of drug-likeness (QED) is 0.739. The molecule has 2 aromatic carbocycles. The molecule has 142 valence electrons. The van der Waals surface area contributed by atoms with Crippen LogP contribution in [0, 0.1) is 12.7 Å². The Morgan fingerprint density at radius 2 is 1.81 bits per heavy atom. The third kappa shape index (κ3) is 3.24. The van der Waals surface area contributed by atoms with Crippen LogP contribution < -0.4 is 10.7 Å². The van der Waals surface area contributed by atoms with E-state index in [-0.39, 0.29) is 4.90 Å². The number of nitrogens with one attached hydrogen (secondary N) is 1. The van der Waals surface area contributed by atoms with Crippen molar-refractivity contribution in [3.63, 3.8) is 0 Å². The van der Waals surface area contributed by atoms with E-state index in [0.29, 0.717) is 42.8 Å². The van der Waals surface area contributed by atoms with Crippen molar-refractivity contribution in [2.24, 2.45) is 0 Å². The lowest BCUT2D eigenvalue weighted by atomic mass is 10.2. The average Bonchev–Trinajstić information content (AvgIpc) is 3.00. The molecular weight excluding hydrogens is 373 g/mol. The minimum Gasteiger partial charge on any atom is -0.408 e. The van der Waals surface area contributed by atoms with Crippen molar-refractivity contribution in [2.75, 3.05) is 31.1 Å². The predicted molar refractivity (Wildman–Crippen MR) is 98.9 cm³/mol. The van der Waals surface area contributed by atoms with Crippen molar-refractivity contribution in [3.8, 4) is 0 Å². The lowest BCUT2D eigenvalue weighted by Crippen LogP contribution is -2.48. The summed E-state index contributed by atoms with van der Waals surface area (Å²) in [5.41, 5.74) is 2.37. The molecule has 1 aliphatic rings. The molecule has 1 aromatic heterocycles. The highest BCUT2D eigenvalue weighted by Gasteiger charge is 2.29. The molecule has 0 atom stereocenters. The van der Waals surface area contributed by atoms with E-state index in [1.165, 1.54) is 16.4 Å². The lowest BCUT2D eigenvalue weighted by molar-refractivity contribution is 0.384. The number of H-pyrrole nitrogens is 1. The van der Waals surface area contributed by atoms with Crippen LogP contribution in [0.1, 0.15) is 5.56 Å². The maximum atomic E-state index is 13.3. The van der Waals surface area contributed by atoms with Gasteiger partial charge in [0.05, 0.1) is 10.4 Å². The van der Waals surface area contributed by atoms with E-state index >= 15 is 0 Å². The maximum Gasteiger partial charge on any atom is 0.417 e. The SMILES string of the molecule is Cc1cc(F)ccc1S(=O)(=O)N1CCN(c2ccc3oc(=O)[nH]c3c2)CC1. The van der Waals surface area contributed by atoms with Crippen LogP contribution in [0.3, 0.4) is 0 Å². The number of hydrogen-bond donors (Lipinski definition) is 1. The second-order valence-electron chi connectivity index (χ2n) is 6.50. The van der Waals surface area contributed by atoms with E-state index < -0.39 is 21.6 Å². The summed E-state index contributed by atoms with van der Waals surface area (Å²) >= 11 is 0. The van der Waals surface area contributed by atoms with Crippen molar-refractivity contribution in [2.45, 2.75) is 11.8 Å². The van der Waals surface area contributed by atoms with E-state index in [0.717, 1.165) is 11.8 Å². The van der Waals surface area contributed by atoms with Gasteiger partial charge in [0.15, 0.2) is 5.58 Å². The van der Waals surface area contributed by atoms with Gasteiger partial charge in [0.25, 0.3) is 0 Å². The first-order chi connectivity index (χ1) is 12.8. The lowest BCUT2D eigenvalue weighted by Gasteiger charge is -2.35. The standard InChI is InChI=1S/C18H18FN3O4S/c1-12-10-13(19)2-5-17(12)27(24,25)22-8-6-21(7-9-22)14-3-4-16-15(11-14)20-18(23)26-16/h2-5,10-11H,6-9H2,1H3,(H,20,23). The number of anilines is 1. The van der Waals surface area contributed by atoms with Crippen molar-refractivity contribution in [3.05, 3.63) is 58.3 Å². The number of benzene rings is 2. The van der Waals surface area contributed by atoms with Crippen LogP contribution in [0.15, 0.2) is 50.5 Å². The van der Waals surface area contributed by atoms with Crippen LogP contribution in [0.4, 0.5) is 10.1 Å². The van der Waals surface area contributed by atoms with Crippen molar-refractivity contribution >= 4 is 26.8 Å². The number of oxazole rings is 1. The van der Waals surface area contributed by atoms with Gasteiger partial charge in [-0.25, -0.2) is 17.6 Å². The molecule has 0 saturated carbocycles. The molecule has 0 bridgehead atoms. The Bertz CT molecular complexity index is 1160. The Labute approximate surface area is 155 Å². The fraction of sp³-hybridized carbons (Fsp3) is 0.278. The predicted octanol–water partition coefficient (Wildman–Crippen LogP) is 2.08. The average molecular weight is 391 g/mol. The van der Waals surface area contributed by atoms with Crippen molar-refractivity contribution in [1.29, 1.82) is 0 Å². The number of aromatic amines is 1. The number of nitrogens with zero attached hydrogens (tertiary/aromatic N) is 2. The first-order valence-electron chi connectivity index (χ1n) is 8.49.